The number of nitrogens with zero attached hydrogens (tertiary/aromatic N) is 5. The average Bonchev–Trinajstić information content (AvgIpc) is 0.717. The highest BCUT2D eigenvalue weighted by atomic mass is 15.2. The lowest BCUT2D eigenvalue weighted by Gasteiger charge is -2.46. The summed E-state index contributed by atoms with van der Waals surface area (Å²) in [6, 6.07) is 53.6. The van der Waals surface area contributed by atoms with Crippen molar-refractivity contribution in [2.24, 2.45) is 5.92 Å². The van der Waals surface area contributed by atoms with Gasteiger partial charge in [0.05, 0.1) is 45.1 Å². The second-order valence-electron chi connectivity index (χ2n) is 27.3. The molecule has 2 aliphatic carbocycles. The first kappa shape index (κ1) is 66.5. The summed E-state index contributed by atoms with van der Waals surface area (Å²) in [5.74, 6) is 0.379. The zero-order valence-electron chi connectivity index (χ0n) is 56.5. The molecule has 2 N–H and O–H groups in total. The van der Waals surface area contributed by atoms with E-state index in [4.69, 9.17) is 5.73 Å². The number of aryl methyl sites for hydroxylation is 4. The summed E-state index contributed by atoms with van der Waals surface area (Å²) in [7, 11) is 0. The third-order valence-electron chi connectivity index (χ3n) is 18.7. The predicted octanol–water partition coefficient (Wildman–Crippen LogP) is 22.5. The Hall–Kier alpha value is -9.41. The number of para-hydroxylation sites is 1. The highest BCUT2D eigenvalue weighted by Gasteiger charge is 2.43. The normalized spacial score (nSPS) is 16.1. The molecular formula is C84H92N6. The van der Waals surface area contributed by atoms with Crippen molar-refractivity contribution in [2.75, 3.05) is 15.5 Å². The molecule has 1 unspecified atom stereocenters. The van der Waals surface area contributed by atoms with Gasteiger partial charge >= 0.3 is 0 Å². The highest BCUT2D eigenvalue weighted by Crippen LogP contribution is 2.57. The van der Waals surface area contributed by atoms with E-state index in [1.54, 1.807) is 11.6 Å². The Morgan fingerprint density at radius 3 is 1.81 bits per heavy atom. The molecule has 2 aliphatic heterocycles. The number of nitriles is 3. The Labute approximate surface area is 539 Å². The van der Waals surface area contributed by atoms with Gasteiger partial charge in [-0.2, -0.15) is 15.8 Å². The van der Waals surface area contributed by atoms with E-state index >= 15 is 0 Å². The molecule has 0 saturated carbocycles. The molecule has 11 rings (SSSR count). The van der Waals surface area contributed by atoms with Crippen LogP contribution in [0.25, 0.3) is 11.1 Å². The summed E-state index contributed by atoms with van der Waals surface area (Å²) >= 11 is 0. The molecule has 6 nitrogen and oxygen atoms in total. The molecule has 0 saturated heterocycles. The number of nitrogens with two attached hydrogens (primary N) is 1. The molecule has 0 amide bonds. The van der Waals surface area contributed by atoms with Gasteiger partial charge in [-0.1, -0.05) is 220 Å². The number of benzene rings is 7. The van der Waals surface area contributed by atoms with Gasteiger partial charge < -0.3 is 15.5 Å². The predicted molar refractivity (Wildman–Crippen MR) is 382 cm³/mol. The third-order valence-corrected chi connectivity index (χ3v) is 18.7. The molecule has 0 spiro atoms. The minimum absolute atomic E-state index is 0.153. The molecular weight excluding hydrogens is 1090 g/mol. The van der Waals surface area contributed by atoms with Crippen LogP contribution in [0.5, 0.6) is 0 Å². The minimum atomic E-state index is -0.332. The Bertz CT molecular complexity index is 4230. The molecule has 0 fully saturated rings. The minimum Gasteiger partial charge on any atom is -0.398 e. The number of allylic oxidation sites excluding steroid dienone is 12. The summed E-state index contributed by atoms with van der Waals surface area (Å²) in [4.78, 5) is 4.60. The van der Waals surface area contributed by atoms with Crippen LogP contribution < -0.4 is 15.5 Å². The fourth-order valence-electron chi connectivity index (χ4n) is 14.1. The van der Waals surface area contributed by atoms with E-state index in [2.05, 4.69) is 258 Å². The maximum absolute atomic E-state index is 10.1. The number of anilines is 6. The molecule has 90 heavy (non-hydrogen) atoms. The lowest BCUT2D eigenvalue weighted by molar-refractivity contribution is 0.533. The monoisotopic (exact) mass is 1180 g/mol. The molecule has 7 aromatic rings. The number of fused-ring (bicyclic) bond motifs is 3. The zero-order valence-corrected chi connectivity index (χ0v) is 56.5. The van der Waals surface area contributed by atoms with E-state index in [9.17, 15) is 15.8 Å². The largest absolute Gasteiger partial charge is 0.398 e. The van der Waals surface area contributed by atoms with Crippen LogP contribution in [0.4, 0.5) is 34.1 Å². The van der Waals surface area contributed by atoms with Gasteiger partial charge in [-0.3, -0.25) is 0 Å². The summed E-state index contributed by atoms with van der Waals surface area (Å²) in [6.45, 7) is 41.3. The Balaban J connectivity index is 0.000000233. The SMILES string of the molecule is C=C/C=C(C)\C=C/C.CC1=C(C(C)(C)c2ccccc2C)CCC=C1.Cc1cc(C#N)c(C#N)cc1N1C2=C(CC(C)C=C2)C(C)(C)c2c(-c3ccc4c(c3)C(C)(C)c3ccccc3N4c3cc(C#N)c(N)cc3C)cccc21.Cc1ccccc1C(C)(C)C. The topological polar surface area (TPSA) is 104 Å². The molecule has 2 heterocycles. The molecule has 1 atom stereocenters. The van der Waals surface area contributed by atoms with Crippen molar-refractivity contribution in [3.63, 3.8) is 0 Å². The second-order valence-corrected chi connectivity index (χ2v) is 27.3. The van der Waals surface area contributed by atoms with Crippen molar-refractivity contribution in [3.05, 3.63) is 283 Å². The van der Waals surface area contributed by atoms with Crippen LogP contribution in [0.2, 0.25) is 0 Å². The molecule has 4 aliphatic rings. The van der Waals surface area contributed by atoms with Gasteiger partial charge in [0.25, 0.3) is 0 Å². The maximum Gasteiger partial charge on any atom is 0.101 e. The zero-order chi connectivity index (χ0) is 65.6. The smallest absolute Gasteiger partial charge is 0.101 e. The van der Waals surface area contributed by atoms with Crippen LogP contribution >= 0.6 is 0 Å². The molecule has 0 aromatic heterocycles. The van der Waals surface area contributed by atoms with Gasteiger partial charge in [-0.05, 0) is 200 Å². The Morgan fingerprint density at radius 2 is 1.20 bits per heavy atom. The highest BCUT2D eigenvalue weighted by molar-refractivity contribution is 5.92. The fraction of sp³-hybridized carbons (Fsp3) is 0.298. The van der Waals surface area contributed by atoms with Gasteiger partial charge in [-0.15, -0.1) is 0 Å². The van der Waals surface area contributed by atoms with Crippen LogP contribution in [0.1, 0.15) is 176 Å². The van der Waals surface area contributed by atoms with E-state index in [0.29, 0.717) is 28.3 Å². The lowest BCUT2D eigenvalue weighted by Crippen LogP contribution is -2.36. The van der Waals surface area contributed by atoms with Crippen LogP contribution in [0.3, 0.4) is 0 Å². The van der Waals surface area contributed by atoms with E-state index in [-0.39, 0.29) is 21.7 Å². The quantitative estimate of drug-likeness (QED) is 0.126. The molecule has 7 aromatic carbocycles. The maximum atomic E-state index is 10.1. The van der Waals surface area contributed by atoms with E-state index in [0.717, 1.165) is 62.8 Å². The molecule has 458 valence electrons. The van der Waals surface area contributed by atoms with Crippen molar-refractivity contribution in [1.82, 2.24) is 0 Å². The van der Waals surface area contributed by atoms with Crippen molar-refractivity contribution < 1.29 is 0 Å². The summed E-state index contributed by atoms with van der Waals surface area (Å²) in [6.07, 6.45) is 20.2. The van der Waals surface area contributed by atoms with Crippen molar-refractivity contribution in [1.29, 1.82) is 15.8 Å². The van der Waals surface area contributed by atoms with E-state index < -0.39 is 0 Å². The first-order chi connectivity index (χ1) is 42.7. The summed E-state index contributed by atoms with van der Waals surface area (Å²) in [5, 5.41) is 29.9. The van der Waals surface area contributed by atoms with Gasteiger partial charge in [0.1, 0.15) is 18.2 Å². The second kappa shape index (κ2) is 27.1. The Kier molecular flexibility index (Phi) is 20.1. The molecule has 6 heteroatoms. The first-order valence-electron chi connectivity index (χ1n) is 31.7. The third kappa shape index (κ3) is 13.3. The van der Waals surface area contributed by atoms with Gasteiger partial charge in [0, 0.05) is 27.6 Å². The average molecular weight is 1190 g/mol. The lowest BCUT2D eigenvalue weighted by atomic mass is 9.66. The van der Waals surface area contributed by atoms with Gasteiger partial charge in [-0.25, -0.2) is 0 Å². The van der Waals surface area contributed by atoms with Gasteiger partial charge in [0.15, 0.2) is 0 Å². The van der Waals surface area contributed by atoms with E-state index in [1.165, 1.54) is 68.5 Å². The van der Waals surface area contributed by atoms with Crippen LogP contribution in [0.15, 0.2) is 217 Å². The number of nitrogen functional groups attached to an aromatic ring is 1. The number of rotatable bonds is 7. The summed E-state index contributed by atoms with van der Waals surface area (Å²) < 4.78 is 0. The van der Waals surface area contributed by atoms with Crippen molar-refractivity contribution >= 4 is 34.1 Å². The van der Waals surface area contributed by atoms with Crippen molar-refractivity contribution in [3.8, 4) is 29.3 Å². The van der Waals surface area contributed by atoms with Crippen molar-refractivity contribution in [2.45, 2.75) is 159 Å². The Morgan fingerprint density at radius 1 is 0.622 bits per heavy atom. The van der Waals surface area contributed by atoms with Crippen LogP contribution in [0, 0.1) is 67.6 Å². The first-order valence-corrected chi connectivity index (χ1v) is 31.7. The molecule has 0 radical (unpaired) electrons. The van der Waals surface area contributed by atoms with Crippen LogP contribution in [-0.2, 0) is 21.7 Å². The standard InChI is InChI=1S/C48H42N6.C17H22.C11H16.C8H12/c1-28-15-17-41-37(19-28)48(6,7)46-35(11-10-14-43(46)54(41)44-23-33(26-50)32(25-49)20-29(44)2)31-16-18-42-38(22-31)47(4,5)36-12-8-9-13-40(36)53(42)45-24-34(27-51)39(52)21-30(45)3;1-13-9-5-7-11-15(13)17(3,4)16-12-8-6-10-14(16)2;1-9-7-5-6-8-10(9)11(2,3)4;1-4-6-8(3)7-5-2/h8-18,20-24,28H,19,52H2,1-7H3;5-7,9-11H,8,12H2,1-4H3;5-8H,1-4H3;4-7H,1H2,2-3H3/b;;;7-5-,8-6-. The number of hydrogen-bond acceptors (Lipinski definition) is 6. The summed E-state index contributed by atoms with van der Waals surface area (Å²) in [5.41, 5.74) is 33.1. The number of hydrogen-bond donors (Lipinski definition) is 1. The van der Waals surface area contributed by atoms with Gasteiger partial charge in [0.2, 0.25) is 0 Å². The fourth-order valence-corrected chi connectivity index (χ4v) is 14.1. The van der Waals surface area contributed by atoms with E-state index in [1.807, 2.05) is 70.2 Å². The van der Waals surface area contributed by atoms with Crippen LogP contribution in [-0.4, -0.2) is 0 Å². The molecule has 0 bridgehead atoms.